The molecule has 0 saturated heterocycles. The van der Waals surface area contributed by atoms with Gasteiger partial charge < -0.3 is 29.6 Å². The van der Waals surface area contributed by atoms with E-state index >= 15 is 0 Å². The zero-order valence-electron chi connectivity index (χ0n) is 21.3. The van der Waals surface area contributed by atoms with Gasteiger partial charge in [0.1, 0.15) is 11.5 Å². The molecular formula is C27H27N5O6. The van der Waals surface area contributed by atoms with Crippen molar-refractivity contribution in [2.75, 3.05) is 17.7 Å². The Hall–Kier alpha value is -4.93. The second kappa shape index (κ2) is 11.0. The summed E-state index contributed by atoms with van der Waals surface area (Å²) in [5.74, 6) is -0.452. The molecule has 4 aromatic rings. The molecule has 0 saturated carbocycles. The highest BCUT2D eigenvalue weighted by Crippen LogP contribution is 2.32. The van der Waals surface area contributed by atoms with Gasteiger partial charge in [-0.25, -0.2) is 4.98 Å². The van der Waals surface area contributed by atoms with Crippen LogP contribution in [0.15, 0.2) is 70.1 Å². The molecule has 4 rings (SSSR count). The van der Waals surface area contributed by atoms with Crippen LogP contribution >= 0.6 is 0 Å². The van der Waals surface area contributed by atoms with E-state index < -0.39 is 17.4 Å². The molecule has 196 valence electrons. The Bertz CT molecular complexity index is 1440. The van der Waals surface area contributed by atoms with Crippen molar-refractivity contribution < 1.29 is 28.1 Å². The monoisotopic (exact) mass is 517 g/mol. The largest absolute Gasteiger partial charge is 0.496 e. The molecule has 0 bridgehead atoms. The predicted molar refractivity (Wildman–Crippen MR) is 139 cm³/mol. The van der Waals surface area contributed by atoms with E-state index in [1.807, 2.05) is 26.0 Å². The second-order valence-corrected chi connectivity index (χ2v) is 9.22. The zero-order valence-corrected chi connectivity index (χ0v) is 21.3. The molecular weight excluding hydrogens is 490 g/mol. The number of amides is 3. The number of hydrogen-bond acceptors (Lipinski definition) is 8. The molecule has 0 unspecified atom stereocenters. The lowest BCUT2D eigenvalue weighted by atomic mass is 9.94. The number of carbonyl (C=O) groups is 3. The van der Waals surface area contributed by atoms with Crippen LogP contribution in [0.1, 0.15) is 35.7 Å². The number of oxazole rings is 1. The number of carbonyl (C=O) groups excluding carboxylic acids is 3. The van der Waals surface area contributed by atoms with Gasteiger partial charge in [0.2, 0.25) is 0 Å². The molecule has 2 aromatic heterocycles. The van der Waals surface area contributed by atoms with Crippen molar-refractivity contribution >= 4 is 29.1 Å². The fourth-order valence-corrected chi connectivity index (χ4v) is 3.80. The molecule has 11 heteroatoms. The van der Waals surface area contributed by atoms with Crippen molar-refractivity contribution in [1.82, 2.24) is 15.5 Å². The molecule has 0 radical (unpaired) electrons. The van der Waals surface area contributed by atoms with Crippen LogP contribution in [0.2, 0.25) is 0 Å². The molecule has 2 aromatic carbocycles. The Morgan fingerprint density at radius 1 is 0.974 bits per heavy atom. The Kier molecular flexibility index (Phi) is 7.56. The minimum Gasteiger partial charge on any atom is -0.496 e. The van der Waals surface area contributed by atoms with Gasteiger partial charge in [0.05, 0.1) is 18.9 Å². The molecule has 0 fully saturated rings. The van der Waals surface area contributed by atoms with Gasteiger partial charge in [0.25, 0.3) is 5.91 Å². The van der Waals surface area contributed by atoms with Crippen molar-refractivity contribution in [2.45, 2.75) is 32.7 Å². The van der Waals surface area contributed by atoms with E-state index in [4.69, 9.17) is 13.7 Å². The van der Waals surface area contributed by atoms with Gasteiger partial charge in [-0.3, -0.25) is 14.4 Å². The summed E-state index contributed by atoms with van der Waals surface area (Å²) in [6, 6.07) is 13.7. The molecule has 2 heterocycles. The number of hydrogen-bond donors (Lipinski definition) is 3. The Morgan fingerprint density at radius 2 is 1.71 bits per heavy atom. The van der Waals surface area contributed by atoms with Crippen LogP contribution in [0.4, 0.5) is 11.4 Å². The first-order chi connectivity index (χ1) is 18.1. The molecule has 0 atom stereocenters. The average Bonchev–Trinajstić information content (AvgIpc) is 3.57. The van der Waals surface area contributed by atoms with Crippen LogP contribution in [-0.4, -0.2) is 40.5 Å². The molecule has 0 aliphatic rings. The molecule has 11 nitrogen and oxygen atoms in total. The van der Waals surface area contributed by atoms with Crippen molar-refractivity contribution in [2.24, 2.45) is 0 Å². The van der Waals surface area contributed by atoms with Gasteiger partial charge in [-0.1, -0.05) is 17.3 Å². The smallest absolute Gasteiger partial charge is 0.313 e. The van der Waals surface area contributed by atoms with Crippen LogP contribution < -0.4 is 20.7 Å². The summed E-state index contributed by atoms with van der Waals surface area (Å²) in [4.78, 5) is 41.3. The quantitative estimate of drug-likeness (QED) is 0.297. The van der Waals surface area contributed by atoms with Gasteiger partial charge in [-0.05, 0) is 57.0 Å². The number of nitrogens with zero attached hydrogens (tertiary/aromatic N) is 2. The van der Waals surface area contributed by atoms with E-state index in [1.165, 1.54) is 13.5 Å². The Balaban J connectivity index is 1.33. The normalized spacial score (nSPS) is 11.1. The van der Waals surface area contributed by atoms with E-state index in [0.29, 0.717) is 40.6 Å². The maximum Gasteiger partial charge on any atom is 0.313 e. The van der Waals surface area contributed by atoms with E-state index in [9.17, 15) is 14.4 Å². The summed E-state index contributed by atoms with van der Waals surface area (Å²) in [6.45, 7) is 5.34. The number of anilines is 2. The molecule has 0 aliphatic heterocycles. The minimum absolute atomic E-state index is 0.193. The lowest BCUT2D eigenvalue weighted by Crippen LogP contribution is -2.49. The lowest BCUT2D eigenvalue weighted by Gasteiger charge is -2.26. The van der Waals surface area contributed by atoms with Crippen LogP contribution in [0.5, 0.6) is 5.75 Å². The maximum absolute atomic E-state index is 12.6. The SMILES string of the molecule is COc1cc(NC(=O)C(=O)NC(C)(C)Cc2ccc(NC(=O)c3cc(C)on3)cc2)ccc1-c1cnco1. The number of ether oxygens (including phenoxy) is 1. The van der Waals surface area contributed by atoms with Gasteiger partial charge in [0.15, 0.2) is 17.8 Å². The van der Waals surface area contributed by atoms with Crippen LogP contribution in [0.3, 0.4) is 0 Å². The van der Waals surface area contributed by atoms with Crippen molar-refractivity contribution in [1.29, 1.82) is 0 Å². The Labute approximate surface area is 218 Å². The number of aryl methyl sites for hydroxylation is 1. The van der Waals surface area contributed by atoms with Gasteiger partial charge in [0, 0.05) is 29.0 Å². The van der Waals surface area contributed by atoms with Gasteiger partial charge in [-0.2, -0.15) is 0 Å². The average molecular weight is 518 g/mol. The molecule has 38 heavy (non-hydrogen) atoms. The zero-order chi connectivity index (χ0) is 27.3. The molecule has 0 spiro atoms. The Morgan fingerprint density at radius 3 is 2.34 bits per heavy atom. The standard InChI is InChI=1S/C27H27N5O6/c1-16-11-21(32-38-16)24(33)29-18-7-5-17(6-8-18)13-27(2,3)31-26(35)25(34)30-19-9-10-20(22(12-19)36-4)23-14-28-15-37-23/h5-12,14-15H,13H2,1-4H3,(H,29,33)(H,30,34)(H,31,35). The number of benzene rings is 2. The van der Waals surface area contributed by atoms with Crippen molar-refractivity contribution in [3.63, 3.8) is 0 Å². The summed E-state index contributed by atoms with van der Waals surface area (Å²) in [5.41, 5.74) is 2.00. The van der Waals surface area contributed by atoms with E-state index in [2.05, 4.69) is 26.1 Å². The summed E-state index contributed by atoms with van der Waals surface area (Å²) >= 11 is 0. The molecule has 3 N–H and O–H groups in total. The maximum atomic E-state index is 12.6. The fourth-order valence-electron chi connectivity index (χ4n) is 3.80. The number of nitrogens with one attached hydrogen (secondary N) is 3. The summed E-state index contributed by atoms with van der Waals surface area (Å²) in [5, 5.41) is 11.8. The topological polar surface area (TPSA) is 149 Å². The number of aromatic nitrogens is 2. The van der Waals surface area contributed by atoms with E-state index in [-0.39, 0.29) is 11.6 Å². The summed E-state index contributed by atoms with van der Waals surface area (Å²) in [6.07, 6.45) is 3.31. The van der Waals surface area contributed by atoms with Crippen LogP contribution in [0.25, 0.3) is 11.3 Å². The first kappa shape index (κ1) is 26.1. The third-order valence-corrected chi connectivity index (χ3v) is 5.53. The van der Waals surface area contributed by atoms with Crippen LogP contribution in [-0.2, 0) is 16.0 Å². The van der Waals surface area contributed by atoms with Crippen molar-refractivity contribution in [3.8, 4) is 17.1 Å². The van der Waals surface area contributed by atoms with E-state index in [0.717, 1.165) is 5.56 Å². The van der Waals surface area contributed by atoms with E-state index in [1.54, 1.807) is 49.5 Å². The van der Waals surface area contributed by atoms with Gasteiger partial charge >= 0.3 is 11.8 Å². The predicted octanol–water partition coefficient (Wildman–Crippen LogP) is 3.97. The van der Waals surface area contributed by atoms with Gasteiger partial charge in [-0.15, -0.1) is 0 Å². The summed E-state index contributed by atoms with van der Waals surface area (Å²) < 4.78 is 15.6. The third kappa shape index (κ3) is 6.44. The fraction of sp³-hybridized carbons (Fsp3) is 0.222. The summed E-state index contributed by atoms with van der Waals surface area (Å²) in [7, 11) is 1.49. The number of rotatable bonds is 8. The third-order valence-electron chi connectivity index (χ3n) is 5.53. The molecule has 0 aliphatic carbocycles. The number of methoxy groups -OCH3 is 1. The lowest BCUT2D eigenvalue weighted by molar-refractivity contribution is -0.137. The highest BCUT2D eigenvalue weighted by Gasteiger charge is 2.25. The highest BCUT2D eigenvalue weighted by molar-refractivity contribution is 6.39. The molecule has 3 amide bonds. The first-order valence-corrected chi connectivity index (χ1v) is 11.7. The van der Waals surface area contributed by atoms with Crippen LogP contribution in [0, 0.1) is 6.92 Å². The second-order valence-electron chi connectivity index (χ2n) is 9.22. The first-order valence-electron chi connectivity index (χ1n) is 11.7. The highest BCUT2D eigenvalue weighted by atomic mass is 16.5. The van der Waals surface area contributed by atoms with Crippen molar-refractivity contribution in [3.05, 3.63) is 78.1 Å². The minimum atomic E-state index is -0.811.